The molecule has 8 nitrogen and oxygen atoms in total. The third-order valence-corrected chi connectivity index (χ3v) is 4.87. The molecule has 0 N–H and O–H groups in total. The zero-order chi connectivity index (χ0) is 19.0. The third-order valence-electron chi connectivity index (χ3n) is 4.87. The van der Waals surface area contributed by atoms with E-state index in [4.69, 9.17) is 4.52 Å². The second-order valence-electron chi connectivity index (χ2n) is 6.69. The number of rotatable bonds is 3. The lowest BCUT2D eigenvalue weighted by molar-refractivity contribution is 0.0779. The number of nitrogens with zero attached hydrogens (tertiary/aromatic N) is 5. The highest BCUT2D eigenvalue weighted by molar-refractivity contribution is 5.92. The lowest BCUT2D eigenvalue weighted by Gasteiger charge is -2.16. The van der Waals surface area contributed by atoms with Crippen LogP contribution in [0.15, 0.2) is 51.8 Å². The number of carbonyl (C=O) groups excluding carboxylic acids is 1. The molecule has 1 aromatic carbocycles. The summed E-state index contributed by atoms with van der Waals surface area (Å²) in [4.78, 5) is 30.6. The Balaban J connectivity index is 1.66. The minimum absolute atomic E-state index is 0.0440. The van der Waals surface area contributed by atoms with Gasteiger partial charge >= 0.3 is 0 Å². The molecule has 0 spiro atoms. The number of hydrogen-bond donors (Lipinski definition) is 0. The van der Waals surface area contributed by atoms with E-state index in [1.165, 1.54) is 19.2 Å². The van der Waals surface area contributed by atoms with E-state index in [9.17, 15) is 9.59 Å². The number of aryl methyl sites for hydroxylation is 2. The van der Waals surface area contributed by atoms with Gasteiger partial charge in [0.1, 0.15) is 5.69 Å². The molecule has 1 saturated heterocycles. The normalized spacial score (nSPS) is 19.4. The number of benzene rings is 1. The number of aromatic nitrogens is 4. The number of likely N-dealkylation sites (tertiary alicyclic amines) is 1. The van der Waals surface area contributed by atoms with Gasteiger partial charge in [0, 0.05) is 32.1 Å². The predicted molar refractivity (Wildman–Crippen MR) is 96.3 cm³/mol. The van der Waals surface area contributed by atoms with Crippen LogP contribution in [-0.2, 0) is 7.05 Å². The van der Waals surface area contributed by atoms with E-state index in [0.717, 1.165) is 10.2 Å². The Labute approximate surface area is 155 Å². The summed E-state index contributed by atoms with van der Waals surface area (Å²) in [7, 11) is 1.53. The van der Waals surface area contributed by atoms with Crippen molar-refractivity contribution in [2.45, 2.75) is 18.8 Å². The lowest BCUT2D eigenvalue weighted by Crippen LogP contribution is -2.32. The SMILES string of the molecule is Cc1noc([C@@H]2CN(C(=O)c3ccc(=O)n(C)n3)C[C@@H]2c2ccccc2)n1. The maximum atomic E-state index is 13.0. The smallest absolute Gasteiger partial charge is 0.274 e. The molecule has 4 rings (SSSR count). The van der Waals surface area contributed by atoms with Crippen LogP contribution in [0, 0.1) is 6.92 Å². The molecule has 2 aromatic heterocycles. The summed E-state index contributed by atoms with van der Waals surface area (Å²) in [6, 6.07) is 12.8. The van der Waals surface area contributed by atoms with Crippen molar-refractivity contribution < 1.29 is 9.32 Å². The average molecular weight is 365 g/mol. The molecule has 1 fully saturated rings. The lowest BCUT2D eigenvalue weighted by atomic mass is 9.89. The number of hydrogen-bond acceptors (Lipinski definition) is 6. The van der Waals surface area contributed by atoms with E-state index in [2.05, 4.69) is 15.2 Å². The molecule has 0 unspecified atom stereocenters. The van der Waals surface area contributed by atoms with Crippen molar-refractivity contribution in [3.63, 3.8) is 0 Å². The van der Waals surface area contributed by atoms with Crippen LogP contribution >= 0.6 is 0 Å². The number of carbonyl (C=O) groups is 1. The van der Waals surface area contributed by atoms with E-state index in [-0.39, 0.29) is 29.0 Å². The fraction of sp³-hybridized carbons (Fsp3) is 0.316. The Kier molecular flexibility index (Phi) is 4.31. The second kappa shape index (κ2) is 6.79. The van der Waals surface area contributed by atoms with E-state index >= 15 is 0 Å². The van der Waals surface area contributed by atoms with E-state index in [1.807, 2.05) is 30.3 Å². The highest BCUT2D eigenvalue weighted by atomic mass is 16.5. The van der Waals surface area contributed by atoms with Crippen LogP contribution in [-0.4, -0.2) is 43.8 Å². The first-order valence-corrected chi connectivity index (χ1v) is 8.71. The maximum Gasteiger partial charge on any atom is 0.274 e. The van der Waals surface area contributed by atoms with Gasteiger partial charge in [-0.2, -0.15) is 10.1 Å². The molecular weight excluding hydrogens is 346 g/mol. The van der Waals surface area contributed by atoms with Crippen molar-refractivity contribution in [1.29, 1.82) is 0 Å². The minimum Gasteiger partial charge on any atom is -0.339 e. The van der Waals surface area contributed by atoms with Crippen LogP contribution in [0.1, 0.15) is 39.6 Å². The quantitative estimate of drug-likeness (QED) is 0.698. The van der Waals surface area contributed by atoms with Gasteiger partial charge in [0.25, 0.3) is 11.5 Å². The molecule has 3 heterocycles. The third kappa shape index (κ3) is 3.25. The fourth-order valence-corrected chi connectivity index (χ4v) is 3.50. The van der Waals surface area contributed by atoms with Gasteiger partial charge in [-0.25, -0.2) is 4.68 Å². The van der Waals surface area contributed by atoms with Gasteiger partial charge < -0.3 is 9.42 Å². The van der Waals surface area contributed by atoms with Gasteiger partial charge in [-0.05, 0) is 18.6 Å². The van der Waals surface area contributed by atoms with Gasteiger partial charge in [-0.3, -0.25) is 9.59 Å². The van der Waals surface area contributed by atoms with Crippen molar-refractivity contribution in [3.05, 3.63) is 75.8 Å². The van der Waals surface area contributed by atoms with Crippen LogP contribution < -0.4 is 5.56 Å². The molecule has 8 heteroatoms. The Morgan fingerprint density at radius 3 is 2.52 bits per heavy atom. The van der Waals surface area contributed by atoms with Crippen molar-refractivity contribution in [3.8, 4) is 0 Å². The first-order valence-electron chi connectivity index (χ1n) is 8.71. The standard InChI is InChI=1S/C19H19N5O3/c1-12-20-18(27-22-12)15-11-24(10-14(15)13-6-4-3-5-7-13)19(26)16-8-9-17(25)23(2)21-16/h3-9,14-15H,10-11H2,1-2H3/t14-,15-/m1/s1. The predicted octanol–water partition coefficient (Wildman–Crippen LogP) is 1.50. The molecule has 0 saturated carbocycles. The molecule has 138 valence electrons. The zero-order valence-corrected chi connectivity index (χ0v) is 15.1. The molecule has 0 aliphatic carbocycles. The Morgan fingerprint density at radius 1 is 1.11 bits per heavy atom. The molecular formula is C19H19N5O3. The zero-order valence-electron chi connectivity index (χ0n) is 15.1. The first-order chi connectivity index (χ1) is 13.0. The summed E-state index contributed by atoms with van der Waals surface area (Å²) >= 11 is 0. The molecule has 3 aromatic rings. The van der Waals surface area contributed by atoms with Crippen LogP contribution in [0.25, 0.3) is 0 Å². The maximum absolute atomic E-state index is 13.0. The van der Waals surface area contributed by atoms with Gasteiger partial charge in [-0.15, -0.1) is 0 Å². The van der Waals surface area contributed by atoms with E-state index in [1.54, 1.807) is 11.8 Å². The summed E-state index contributed by atoms with van der Waals surface area (Å²) in [5.41, 5.74) is 1.10. The van der Waals surface area contributed by atoms with Crippen LogP contribution in [0.4, 0.5) is 0 Å². The average Bonchev–Trinajstić information content (AvgIpc) is 3.30. The van der Waals surface area contributed by atoms with Crippen molar-refractivity contribution in [1.82, 2.24) is 24.8 Å². The summed E-state index contributed by atoms with van der Waals surface area (Å²) in [6.45, 7) is 2.74. The molecule has 0 bridgehead atoms. The highest BCUT2D eigenvalue weighted by Crippen LogP contribution is 2.39. The fourth-order valence-electron chi connectivity index (χ4n) is 3.50. The molecule has 2 atom stereocenters. The Hall–Kier alpha value is -3.29. The molecule has 1 aliphatic heterocycles. The monoisotopic (exact) mass is 365 g/mol. The highest BCUT2D eigenvalue weighted by Gasteiger charge is 2.40. The van der Waals surface area contributed by atoms with Crippen LogP contribution in [0.5, 0.6) is 0 Å². The first kappa shape index (κ1) is 17.1. The summed E-state index contributed by atoms with van der Waals surface area (Å²) in [6.07, 6.45) is 0. The Bertz CT molecular complexity index is 1030. The second-order valence-corrected chi connectivity index (χ2v) is 6.69. The summed E-state index contributed by atoms with van der Waals surface area (Å²) in [5.74, 6) is 0.837. The minimum atomic E-state index is -0.255. The van der Waals surface area contributed by atoms with Crippen molar-refractivity contribution in [2.75, 3.05) is 13.1 Å². The van der Waals surface area contributed by atoms with Gasteiger partial charge in [0.2, 0.25) is 5.89 Å². The molecule has 1 amide bonds. The van der Waals surface area contributed by atoms with Gasteiger partial charge in [0.15, 0.2) is 5.82 Å². The van der Waals surface area contributed by atoms with Gasteiger partial charge in [-0.1, -0.05) is 35.5 Å². The summed E-state index contributed by atoms with van der Waals surface area (Å²) < 4.78 is 6.57. The van der Waals surface area contributed by atoms with Crippen molar-refractivity contribution in [2.24, 2.45) is 7.05 Å². The van der Waals surface area contributed by atoms with Crippen LogP contribution in [0.3, 0.4) is 0 Å². The topological polar surface area (TPSA) is 94.1 Å². The van der Waals surface area contributed by atoms with E-state index < -0.39 is 0 Å². The van der Waals surface area contributed by atoms with Crippen LogP contribution in [0.2, 0.25) is 0 Å². The van der Waals surface area contributed by atoms with Gasteiger partial charge in [0.05, 0.1) is 5.92 Å². The van der Waals surface area contributed by atoms with Crippen molar-refractivity contribution >= 4 is 5.91 Å². The molecule has 27 heavy (non-hydrogen) atoms. The summed E-state index contributed by atoms with van der Waals surface area (Å²) in [5, 5.41) is 7.98. The largest absolute Gasteiger partial charge is 0.339 e. The number of amides is 1. The Morgan fingerprint density at radius 2 is 1.85 bits per heavy atom. The van der Waals surface area contributed by atoms with E-state index in [0.29, 0.717) is 24.8 Å². The molecule has 0 radical (unpaired) electrons. The molecule has 1 aliphatic rings.